The van der Waals surface area contributed by atoms with Crippen LogP contribution in [0.5, 0.6) is 0 Å². The molecule has 1 aliphatic heterocycles. The quantitative estimate of drug-likeness (QED) is 0.773. The van der Waals surface area contributed by atoms with Crippen molar-refractivity contribution in [2.24, 2.45) is 5.41 Å². The highest BCUT2D eigenvalue weighted by Gasteiger charge is 2.44. The summed E-state index contributed by atoms with van der Waals surface area (Å²) in [4.78, 5) is 30.8. The Labute approximate surface area is 174 Å². The number of halogens is 3. The molecule has 0 bridgehead atoms. The van der Waals surface area contributed by atoms with Crippen LogP contribution in [0.1, 0.15) is 63.8 Å². The zero-order valence-electron chi connectivity index (χ0n) is 17.7. The number of carbonyl (C=O) groups excluding carboxylic acids is 2. The van der Waals surface area contributed by atoms with E-state index < -0.39 is 28.8 Å². The van der Waals surface area contributed by atoms with Gasteiger partial charge in [-0.1, -0.05) is 6.92 Å². The second kappa shape index (κ2) is 7.74. The van der Waals surface area contributed by atoms with Crippen LogP contribution in [0.2, 0.25) is 0 Å². The van der Waals surface area contributed by atoms with Crippen molar-refractivity contribution in [1.29, 1.82) is 0 Å². The van der Waals surface area contributed by atoms with E-state index in [4.69, 9.17) is 4.74 Å². The van der Waals surface area contributed by atoms with Gasteiger partial charge >= 0.3 is 12.3 Å². The van der Waals surface area contributed by atoms with Gasteiger partial charge in [-0.3, -0.25) is 9.78 Å². The first-order valence-corrected chi connectivity index (χ1v) is 10.1. The number of ether oxygens (including phenoxy) is 1. The van der Waals surface area contributed by atoms with E-state index in [0.717, 1.165) is 12.3 Å². The fraction of sp³-hybridized carbons (Fsp3) is 0.667. The van der Waals surface area contributed by atoms with Gasteiger partial charge in [0.25, 0.3) is 0 Å². The number of amides is 2. The Balaban J connectivity index is 1.65. The van der Waals surface area contributed by atoms with Crippen LogP contribution in [-0.2, 0) is 28.7 Å². The SMILES string of the molecule is CC(C)(C)OC(=O)N[C@@H]1CC[C@](C)(C(=O)N2CCc3ncc(C(F)(F)F)cc3C2)C1. The number of nitrogens with one attached hydrogen (secondary N) is 1. The van der Waals surface area contributed by atoms with Crippen molar-refractivity contribution in [2.75, 3.05) is 6.54 Å². The van der Waals surface area contributed by atoms with E-state index in [1.807, 2.05) is 6.92 Å². The van der Waals surface area contributed by atoms with Gasteiger partial charge in [-0.25, -0.2) is 4.79 Å². The molecule has 3 rings (SSSR count). The molecule has 1 aromatic rings. The molecule has 2 heterocycles. The van der Waals surface area contributed by atoms with Gasteiger partial charge in [-0.2, -0.15) is 13.2 Å². The molecule has 9 heteroatoms. The summed E-state index contributed by atoms with van der Waals surface area (Å²) in [6.45, 7) is 7.73. The largest absolute Gasteiger partial charge is 0.444 e. The Morgan fingerprint density at radius 3 is 2.63 bits per heavy atom. The Kier molecular flexibility index (Phi) is 5.77. The van der Waals surface area contributed by atoms with Gasteiger partial charge in [0, 0.05) is 42.9 Å². The molecular formula is C21H28F3N3O3. The van der Waals surface area contributed by atoms with Gasteiger partial charge in [-0.05, 0) is 51.7 Å². The number of rotatable bonds is 2. The molecule has 1 saturated carbocycles. The zero-order chi connectivity index (χ0) is 22.3. The fourth-order valence-electron chi connectivity index (χ4n) is 4.17. The molecule has 1 N–H and O–H groups in total. The minimum absolute atomic E-state index is 0.0981. The lowest BCUT2D eigenvalue weighted by molar-refractivity contribution is -0.142. The highest BCUT2D eigenvalue weighted by molar-refractivity contribution is 5.83. The highest BCUT2D eigenvalue weighted by atomic mass is 19.4. The van der Waals surface area contributed by atoms with Gasteiger partial charge in [-0.15, -0.1) is 0 Å². The van der Waals surface area contributed by atoms with E-state index in [1.54, 1.807) is 25.7 Å². The van der Waals surface area contributed by atoms with E-state index in [0.29, 0.717) is 43.5 Å². The number of fused-ring (bicyclic) bond motifs is 1. The number of hydrogen-bond acceptors (Lipinski definition) is 4. The van der Waals surface area contributed by atoms with Crippen LogP contribution in [0.15, 0.2) is 12.3 Å². The number of alkyl carbamates (subject to hydrolysis) is 1. The van der Waals surface area contributed by atoms with Gasteiger partial charge in [0.2, 0.25) is 5.91 Å². The third-order valence-corrected chi connectivity index (χ3v) is 5.63. The molecule has 0 unspecified atom stereocenters. The fourth-order valence-corrected chi connectivity index (χ4v) is 4.17. The molecule has 2 amide bonds. The van der Waals surface area contributed by atoms with Gasteiger partial charge in [0.1, 0.15) is 5.60 Å². The molecule has 1 aromatic heterocycles. The maximum absolute atomic E-state index is 13.2. The minimum Gasteiger partial charge on any atom is -0.444 e. The molecule has 6 nitrogen and oxygen atoms in total. The van der Waals surface area contributed by atoms with Crippen molar-refractivity contribution in [1.82, 2.24) is 15.2 Å². The molecule has 2 atom stereocenters. The molecule has 166 valence electrons. The molecule has 30 heavy (non-hydrogen) atoms. The van der Waals surface area contributed by atoms with Crippen molar-refractivity contribution in [3.8, 4) is 0 Å². The smallest absolute Gasteiger partial charge is 0.417 e. The second-order valence-corrected chi connectivity index (χ2v) is 9.45. The van der Waals surface area contributed by atoms with Crippen molar-refractivity contribution in [3.63, 3.8) is 0 Å². The van der Waals surface area contributed by atoms with Crippen LogP contribution in [-0.4, -0.2) is 40.1 Å². The second-order valence-electron chi connectivity index (χ2n) is 9.45. The monoisotopic (exact) mass is 427 g/mol. The molecule has 0 saturated heterocycles. The van der Waals surface area contributed by atoms with Crippen LogP contribution < -0.4 is 5.32 Å². The summed E-state index contributed by atoms with van der Waals surface area (Å²) in [5, 5.41) is 2.82. The molecule has 0 aromatic carbocycles. The Morgan fingerprint density at radius 1 is 1.30 bits per heavy atom. The van der Waals surface area contributed by atoms with E-state index in [2.05, 4.69) is 10.3 Å². The summed E-state index contributed by atoms with van der Waals surface area (Å²) in [7, 11) is 0. The average Bonchev–Trinajstić information content (AvgIpc) is 2.99. The summed E-state index contributed by atoms with van der Waals surface area (Å²) in [5.74, 6) is -0.0981. The third-order valence-electron chi connectivity index (χ3n) is 5.63. The van der Waals surface area contributed by atoms with Crippen LogP contribution in [0.25, 0.3) is 0 Å². The van der Waals surface area contributed by atoms with Gasteiger partial charge < -0.3 is 15.0 Å². The molecule has 0 radical (unpaired) electrons. The Morgan fingerprint density at radius 2 is 2.00 bits per heavy atom. The maximum Gasteiger partial charge on any atom is 0.417 e. The Hall–Kier alpha value is -2.32. The third kappa shape index (κ3) is 5.05. The van der Waals surface area contributed by atoms with E-state index in [-0.39, 0.29) is 18.5 Å². The molecule has 1 aliphatic carbocycles. The molecule has 0 spiro atoms. The number of pyridine rings is 1. The van der Waals surface area contributed by atoms with E-state index in [9.17, 15) is 22.8 Å². The van der Waals surface area contributed by atoms with Crippen molar-refractivity contribution < 1.29 is 27.5 Å². The first kappa shape index (κ1) is 22.4. The van der Waals surface area contributed by atoms with Crippen LogP contribution in [0.4, 0.5) is 18.0 Å². The predicted molar refractivity (Wildman–Crippen MR) is 103 cm³/mol. The number of hydrogen-bond donors (Lipinski definition) is 1. The van der Waals surface area contributed by atoms with Gasteiger partial charge in [0.05, 0.1) is 5.56 Å². The average molecular weight is 427 g/mol. The first-order valence-electron chi connectivity index (χ1n) is 10.1. The number of alkyl halides is 3. The lowest BCUT2D eigenvalue weighted by Gasteiger charge is -2.35. The summed E-state index contributed by atoms with van der Waals surface area (Å²) >= 11 is 0. The minimum atomic E-state index is -4.47. The van der Waals surface area contributed by atoms with Crippen molar-refractivity contribution >= 4 is 12.0 Å². The standard InChI is InChI=1S/C21H28F3N3O3/c1-19(2,3)30-18(29)26-15-5-7-20(4,10-15)17(28)27-8-6-16-13(12-27)9-14(11-25-16)21(22,23)24/h9,11,15H,5-8,10,12H2,1-4H3,(H,26,29)/t15-,20+/m1/s1. The van der Waals surface area contributed by atoms with E-state index >= 15 is 0 Å². The predicted octanol–water partition coefficient (Wildman–Crippen LogP) is 4.07. The summed E-state index contributed by atoms with van der Waals surface area (Å²) in [6, 6.07) is 0.912. The van der Waals surface area contributed by atoms with Crippen LogP contribution >= 0.6 is 0 Å². The number of aromatic nitrogens is 1. The molecule has 2 aliphatic rings. The van der Waals surface area contributed by atoms with Crippen LogP contribution in [0, 0.1) is 5.41 Å². The summed E-state index contributed by atoms with van der Waals surface area (Å²) in [6.07, 6.45) is -2.00. The topological polar surface area (TPSA) is 71.5 Å². The Bertz CT molecular complexity index is 835. The lowest BCUT2D eigenvalue weighted by Crippen LogP contribution is -2.45. The lowest BCUT2D eigenvalue weighted by atomic mass is 9.86. The van der Waals surface area contributed by atoms with Crippen molar-refractivity contribution in [2.45, 2.75) is 77.7 Å². The normalized spacial score (nSPS) is 24.4. The van der Waals surface area contributed by atoms with Crippen molar-refractivity contribution in [3.05, 3.63) is 29.1 Å². The van der Waals surface area contributed by atoms with E-state index in [1.165, 1.54) is 0 Å². The highest BCUT2D eigenvalue weighted by Crippen LogP contribution is 2.40. The van der Waals surface area contributed by atoms with Crippen LogP contribution in [0.3, 0.4) is 0 Å². The molecular weight excluding hydrogens is 399 g/mol. The number of nitrogens with zero attached hydrogens (tertiary/aromatic N) is 2. The summed E-state index contributed by atoms with van der Waals surface area (Å²) in [5.41, 5.74) is -1.04. The summed E-state index contributed by atoms with van der Waals surface area (Å²) < 4.78 is 44.3. The first-order chi connectivity index (χ1) is 13.8. The molecule has 1 fully saturated rings. The van der Waals surface area contributed by atoms with Gasteiger partial charge in [0.15, 0.2) is 0 Å². The maximum atomic E-state index is 13.2. The zero-order valence-corrected chi connectivity index (χ0v) is 17.7. The number of carbonyl (C=O) groups is 2.